The number of carbonyl (C=O) groups is 2. The van der Waals surface area contributed by atoms with E-state index in [9.17, 15) is 30.0 Å². The van der Waals surface area contributed by atoms with Crippen LogP contribution in [0.4, 0.5) is 0 Å². The van der Waals surface area contributed by atoms with Gasteiger partial charge in [0.15, 0.2) is 23.2 Å². The van der Waals surface area contributed by atoms with Gasteiger partial charge in [0, 0.05) is 18.9 Å². The zero-order valence-electron chi connectivity index (χ0n) is 13.9. The molecule has 0 unspecified atom stereocenters. The van der Waals surface area contributed by atoms with Gasteiger partial charge in [-0.05, 0) is 23.8 Å². The van der Waals surface area contributed by atoms with Crippen LogP contribution >= 0.6 is 0 Å². The zero-order valence-corrected chi connectivity index (χ0v) is 13.9. The second-order valence-electron chi connectivity index (χ2n) is 6.05. The van der Waals surface area contributed by atoms with E-state index in [0.717, 1.165) is 6.08 Å². The van der Waals surface area contributed by atoms with Gasteiger partial charge in [0.25, 0.3) is 0 Å². The van der Waals surface area contributed by atoms with Crippen molar-refractivity contribution in [1.29, 1.82) is 0 Å². The van der Waals surface area contributed by atoms with Crippen LogP contribution in [0.25, 0.3) is 6.08 Å². The van der Waals surface area contributed by atoms with E-state index in [1.807, 2.05) is 0 Å². The number of carboxylic acids is 1. The number of carbonyl (C=O) groups excluding carboxylic acids is 1. The maximum absolute atomic E-state index is 11.9. The Balaban J connectivity index is 2.02. The summed E-state index contributed by atoms with van der Waals surface area (Å²) >= 11 is 0. The van der Waals surface area contributed by atoms with E-state index in [-0.39, 0.29) is 11.5 Å². The number of phenolic OH excluding ortho intramolecular Hbond substituents is 1. The highest BCUT2D eigenvalue weighted by Gasteiger charge is 2.50. The first kappa shape index (κ1) is 19.7. The molecule has 0 saturated heterocycles. The number of ether oxygens (including phenoxy) is 2. The number of rotatable bonds is 5. The van der Waals surface area contributed by atoms with Crippen molar-refractivity contribution in [3.05, 3.63) is 29.8 Å². The maximum Gasteiger partial charge on any atom is 0.335 e. The number of hydrogen-bond acceptors (Lipinski definition) is 8. The van der Waals surface area contributed by atoms with Crippen LogP contribution in [-0.2, 0) is 14.3 Å². The fraction of sp³-hybridized carbons (Fsp3) is 0.412. The van der Waals surface area contributed by atoms with E-state index in [4.69, 9.17) is 14.6 Å². The number of benzene rings is 1. The van der Waals surface area contributed by atoms with Crippen LogP contribution in [0.2, 0.25) is 0 Å². The van der Waals surface area contributed by atoms with Gasteiger partial charge >= 0.3 is 11.9 Å². The molecule has 0 radical (unpaired) electrons. The molecule has 1 aromatic carbocycles. The first-order chi connectivity index (χ1) is 12.2. The van der Waals surface area contributed by atoms with E-state index in [2.05, 4.69) is 0 Å². The Morgan fingerprint density at radius 1 is 1.23 bits per heavy atom. The molecule has 1 aliphatic carbocycles. The average Bonchev–Trinajstić information content (AvgIpc) is 2.57. The van der Waals surface area contributed by atoms with Crippen LogP contribution in [0.1, 0.15) is 18.4 Å². The summed E-state index contributed by atoms with van der Waals surface area (Å²) in [7, 11) is 1.38. The zero-order chi connectivity index (χ0) is 19.5. The normalized spacial score (nSPS) is 28.7. The van der Waals surface area contributed by atoms with E-state index in [0.29, 0.717) is 5.56 Å². The standard InChI is InChI=1S/C17H20O9/c1-25-13-6-9(2-4-10(13)18)3-5-14(21)26-15-11(19)7-17(24,16(22)23)8-12(15)20/h2-6,11-12,15,18-20,24H,7-8H2,1H3,(H,22,23)/b5-3-/t11-,12-,15?,17?/m1/s1. The molecule has 9 heteroatoms. The van der Waals surface area contributed by atoms with Crippen LogP contribution < -0.4 is 4.74 Å². The van der Waals surface area contributed by atoms with Crippen molar-refractivity contribution >= 4 is 18.0 Å². The number of methoxy groups -OCH3 is 1. The van der Waals surface area contributed by atoms with Crippen LogP contribution in [0, 0.1) is 0 Å². The number of hydrogen-bond donors (Lipinski definition) is 5. The molecule has 1 fully saturated rings. The Bertz CT molecular complexity index is 700. The van der Waals surface area contributed by atoms with Crippen LogP contribution in [0.5, 0.6) is 11.5 Å². The number of carboxylic acid groups (broad SMARTS) is 1. The van der Waals surface area contributed by atoms with Gasteiger partial charge in [-0.25, -0.2) is 9.59 Å². The minimum absolute atomic E-state index is 0.0633. The molecule has 142 valence electrons. The summed E-state index contributed by atoms with van der Waals surface area (Å²) in [5, 5.41) is 48.2. The molecule has 0 bridgehead atoms. The molecule has 1 aromatic rings. The molecule has 2 atom stereocenters. The molecule has 0 amide bonds. The number of esters is 1. The Morgan fingerprint density at radius 2 is 1.85 bits per heavy atom. The summed E-state index contributed by atoms with van der Waals surface area (Å²) in [5.74, 6) is -2.29. The molecule has 1 saturated carbocycles. The van der Waals surface area contributed by atoms with Crippen LogP contribution in [0.15, 0.2) is 24.3 Å². The quantitative estimate of drug-likeness (QED) is 0.347. The van der Waals surface area contributed by atoms with Gasteiger partial charge in [-0.15, -0.1) is 0 Å². The molecule has 26 heavy (non-hydrogen) atoms. The highest BCUT2D eigenvalue weighted by atomic mass is 16.6. The van der Waals surface area contributed by atoms with Gasteiger partial charge in [0.05, 0.1) is 19.3 Å². The van der Waals surface area contributed by atoms with Gasteiger partial charge in [-0.3, -0.25) is 0 Å². The van der Waals surface area contributed by atoms with Gasteiger partial charge in [-0.2, -0.15) is 0 Å². The van der Waals surface area contributed by atoms with Crippen molar-refractivity contribution in [2.24, 2.45) is 0 Å². The van der Waals surface area contributed by atoms with Crippen molar-refractivity contribution in [2.45, 2.75) is 36.8 Å². The second kappa shape index (κ2) is 7.73. The number of aliphatic hydroxyl groups excluding tert-OH is 2. The topological polar surface area (TPSA) is 154 Å². The van der Waals surface area contributed by atoms with Gasteiger partial charge in [0.2, 0.25) is 0 Å². The summed E-state index contributed by atoms with van der Waals surface area (Å²) in [6.07, 6.45) is -3.16. The van der Waals surface area contributed by atoms with Gasteiger partial charge < -0.3 is 35.0 Å². The van der Waals surface area contributed by atoms with E-state index in [1.165, 1.54) is 31.4 Å². The van der Waals surface area contributed by atoms with Crippen molar-refractivity contribution in [3.63, 3.8) is 0 Å². The number of aliphatic hydroxyl groups is 3. The first-order valence-corrected chi connectivity index (χ1v) is 7.74. The first-order valence-electron chi connectivity index (χ1n) is 7.74. The minimum atomic E-state index is -2.28. The largest absolute Gasteiger partial charge is 0.504 e. The lowest BCUT2D eigenvalue weighted by atomic mass is 9.79. The predicted octanol–water partition coefficient (Wildman–Crippen LogP) is -0.343. The number of aromatic hydroxyl groups is 1. The molecule has 5 N–H and O–H groups in total. The molecule has 0 heterocycles. The van der Waals surface area contributed by atoms with Crippen LogP contribution in [0.3, 0.4) is 0 Å². The van der Waals surface area contributed by atoms with E-state index < -0.39 is 48.7 Å². The molecule has 2 rings (SSSR count). The summed E-state index contributed by atoms with van der Waals surface area (Å²) in [5.41, 5.74) is -1.75. The average molecular weight is 368 g/mol. The Morgan fingerprint density at radius 3 is 2.38 bits per heavy atom. The fourth-order valence-corrected chi connectivity index (χ4v) is 2.73. The third-order valence-electron chi connectivity index (χ3n) is 4.12. The molecular formula is C17H20O9. The van der Waals surface area contributed by atoms with Gasteiger partial charge in [-0.1, -0.05) is 6.07 Å². The molecule has 9 nitrogen and oxygen atoms in total. The minimum Gasteiger partial charge on any atom is -0.504 e. The van der Waals surface area contributed by atoms with Crippen molar-refractivity contribution in [2.75, 3.05) is 7.11 Å². The summed E-state index contributed by atoms with van der Waals surface area (Å²) in [4.78, 5) is 22.9. The van der Waals surface area contributed by atoms with Gasteiger partial charge in [0.1, 0.15) is 0 Å². The summed E-state index contributed by atoms with van der Waals surface area (Å²) in [6.45, 7) is 0. The maximum atomic E-state index is 11.9. The molecule has 1 aliphatic rings. The number of aliphatic carboxylic acids is 1. The molecule has 0 aliphatic heterocycles. The third-order valence-corrected chi connectivity index (χ3v) is 4.12. The van der Waals surface area contributed by atoms with Crippen molar-refractivity contribution in [1.82, 2.24) is 0 Å². The van der Waals surface area contributed by atoms with Crippen molar-refractivity contribution < 1.29 is 44.6 Å². The van der Waals surface area contributed by atoms with Crippen molar-refractivity contribution in [3.8, 4) is 11.5 Å². The molecule has 0 spiro atoms. The fourth-order valence-electron chi connectivity index (χ4n) is 2.73. The Labute approximate surface area is 148 Å². The molecule has 0 aromatic heterocycles. The highest BCUT2D eigenvalue weighted by Crippen LogP contribution is 2.31. The highest BCUT2D eigenvalue weighted by molar-refractivity contribution is 5.87. The second-order valence-corrected chi connectivity index (χ2v) is 6.05. The lowest BCUT2D eigenvalue weighted by Crippen LogP contribution is -2.57. The summed E-state index contributed by atoms with van der Waals surface area (Å²) < 4.78 is 9.92. The number of phenols is 1. The smallest absolute Gasteiger partial charge is 0.335 e. The molecular weight excluding hydrogens is 348 g/mol. The Kier molecular flexibility index (Phi) is 5.86. The van der Waals surface area contributed by atoms with E-state index in [1.54, 1.807) is 0 Å². The van der Waals surface area contributed by atoms with Crippen LogP contribution in [-0.4, -0.2) is 68.5 Å². The van der Waals surface area contributed by atoms with E-state index >= 15 is 0 Å². The predicted molar refractivity (Wildman–Crippen MR) is 87.4 cm³/mol. The Hall–Kier alpha value is -2.62. The summed E-state index contributed by atoms with van der Waals surface area (Å²) in [6, 6.07) is 4.39. The lowest BCUT2D eigenvalue weighted by molar-refractivity contribution is -0.196. The monoisotopic (exact) mass is 368 g/mol. The third kappa shape index (κ3) is 4.31. The SMILES string of the molecule is COc1cc(/C=C\C(=O)OC2[C@H](O)CC(O)(C(=O)O)C[C@H]2O)ccc1O. The lowest BCUT2D eigenvalue weighted by Gasteiger charge is -2.39.